The van der Waals surface area contributed by atoms with Crippen LogP contribution in [0.25, 0.3) is 31.3 Å². The molecule has 0 radical (unpaired) electrons. The molecule has 0 saturated carbocycles. The molecule has 0 spiro atoms. The highest BCUT2D eigenvalue weighted by atomic mass is 127. The van der Waals surface area contributed by atoms with Gasteiger partial charge in [-0.3, -0.25) is 0 Å². The van der Waals surface area contributed by atoms with Gasteiger partial charge in [0.25, 0.3) is 0 Å². The summed E-state index contributed by atoms with van der Waals surface area (Å²) in [6.07, 6.45) is -0.630. The minimum atomic E-state index is -5.61. The topological polar surface area (TPSA) is 18.5 Å². The van der Waals surface area contributed by atoms with Crippen molar-refractivity contribution in [3.05, 3.63) is 66.4 Å². The number of fused-ring (bicyclic) bond motifs is 2. The number of ether oxygens (including phenoxy) is 2. The number of benzene rings is 2. The van der Waals surface area contributed by atoms with Crippen molar-refractivity contribution in [1.82, 2.24) is 0 Å². The molecule has 1 saturated heterocycles. The summed E-state index contributed by atoms with van der Waals surface area (Å²) in [6.45, 7) is 3.78. The number of allylic oxidation sites excluding steroid dienone is 2. The van der Waals surface area contributed by atoms with Crippen LogP contribution in [0.5, 0.6) is 0 Å². The molecular weight excluding hydrogens is 649 g/mol. The molecular formula is C26H17F6IO2S2. The molecule has 4 aromatic rings. The van der Waals surface area contributed by atoms with E-state index in [2.05, 4.69) is 0 Å². The van der Waals surface area contributed by atoms with Crippen LogP contribution >= 0.6 is 45.3 Å². The van der Waals surface area contributed by atoms with Crippen LogP contribution in [-0.2, 0) is 9.47 Å². The maximum atomic E-state index is 15.6. The van der Waals surface area contributed by atoms with Crippen LogP contribution in [0.2, 0.25) is 0 Å². The van der Waals surface area contributed by atoms with E-state index in [1.165, 1.54) is 26.0 Å². The lowest BCUT2D eigenvalue weighted by atomic mass is 9.91. The Morgan fingerprint density at radius 1 is 0.757 bits per heavy atom. The molecule has 2 aromatic carbocycles. The fourth-order valence-electron chi connectivity index (χ4n) is 5.14. The molecule has 11 heteroatoms. The minimum Gasteiger partial charge on any atom is -0.346 e. The van der Waals surface area contributed by atoms with Crippen LogP contribution in [0.1, 0.15) is 32.7 Å². The predicted octanol–water partition coefficient (Wildman–Crippen LogP) is 9.21. The fraction of sp³-hybridized carbons (Fsp3) is 0.308. The van der Waals surface area contributed by atoms with Gasteiger partial charge >= 0.3 is 17.8 Å². The fourth-order valence-corrected chi connectivity index (χ4v) is 8.07. The van der Waals surface area contributed by atoms with E-state index in [9.17, 15) is 0 Å². The van der Waals surface area contributed by atoms with E-state index in [0.717, 1.165) is 26.2 Å². The van der Waals surface area contributed by atoms with Gasteiger partial charge in [0, 0.05) is 61.3 Å². The molecule has 194 valence electrons. The van der Waals surface area contributed by atoms with Crippen molar-refractivity contribution in [2.45, 2.75) is 37.9 Å². The van der Waals surface area contributed by atoms with Crippen LogP contribution in [0.15, 0.2) is 36.4 Å². The van der Waals surface area contributed by atoms with E-state index in [1.807, 2.05) is 22.6 Å². The quantitative estimate of drug-likeness (QED) is 0.160. The SMILES string of the molecule is Cc1sc2cc(I)ccc2c1C1=C(c2c(C)sc3cc(C4OCCO4)ccc23)C(F)(F)C(F)(F)C1(F)F. The summed E-state index contributed by atoms with van der Waals surface area (Å²) in [6, 6.07) is 9.64. The highest BCUT2D eigenvalue weighted by molar-refractivity contribution is 14.1. The summed E-state index contributed by atoms with van der Waals surface area (Å²) < 4.78 is 105. The van der Waals surface area contributed by atoms with Crippen molar-refractivity contribution < 1.29 is 35.8 Å². The Bertz CT molecular complexity index is 1610. The van der Waals surface area contributed by atoms with E-state index in [4.69, 9.17) is 9.47 Å². The Labute approximate surface area is 229 Å². The second-order valence-corrected chi connectivity index (χ2v) is 12.8. The van der Waals surface area contributed by atoms with Gasteiger partial charge in [-0.15, -0.1) is 22.7 Å². The van der Waals surface area contributed by atoms with Gasteiger partial charge in [-0.2, -0.15) is 26.3 Å². The number of alkyl halides is 6. The molecule has 2 nitrogen and oxygen atoms in total. The Kier molecular flexibility index (Phi) is 5.82. The third kappa shape index (κ3) is 3.49. The first-order valence-electron chi connectivity index (χ1n) is 11.2. The molecule has 3 heterocycles. The zero-order chi connectivity index (χ0) is 26.5. The maximum Gasteiger partial charge on any atom is 0.380 e. The predicted molar refractivity (Wildman–Crippen MR) is 142 cm³/mol. The van der Waals surface area contributed by atoms with Gasteiger partial charge in [-0.1, -0.05) is 18.2 Å². The number of rotatable bonds is 3. The summed E-state index contributed by atoms with van der Waals surface area (Å²) in [5.74, 6) is -15.8. The second-order valence-electron chi connectivity index (χ2n) is 9.01. The van der Waals surface area contributed by atoms with Crippen molar-refractivity contribution in [3.8, 4) is 0 Å². The van der Waals surface area contributed by atoms with Crippen molar-refractivity contribution in [3.63, 3.8) is 0 Å². The molecule has 6 rings (SSSR count). The van der Waals surface area contributed by atoms with Crippen molar-refractivity contribution in [2.24, 2.45) is 0 Å². The molecule has 1 fully saturated rings. The third-order valence-electron chi connectivity index (χ3n) is 6.78. The number of aryl methyl sites for hydroxylation is 2. The van der Waals surface area contributed by atoms with Crippen molar-refractivity contribution >= 4 is 76.6 Å². The Balaban J connectivity index is 1.69. The molecule has 2 aromatic heterocycles. The van der Waals surface area contributed by atoms with Gasteiger partial charge in [0.2, 0.25) is 0 Å². The lowest BCUT2D eigenvalue weighted by molar-refractivity contribution is -0.254. The van der Waals surface area contributed by atoms with Crippen molar-refractivity contribution in [2.75, 3.05) is 13.2 Å². The van der Waals surface area contributed by atoms with Gasteiger partial charge in [0.1, 0.15) is 0 Å². The van der Waals surface area contributed by atoms with E-state index in [0.29, 0.717) is 28.2 Å². The number of thiophene rings is 2. The highest BCUT2D eigenvalue weighted by Crippen LogP contribution is 2.67. The summed E-state index contributed by atoms with van der Waals surface area (Å²) in [7, 11) is 0. The van der Waals surface area contributed by atoms with Gasteiger partial charge in [-0.05, 0) is 54.6 Å². The zero-order valence-electron chi connectivity index (χ0n) is 19.2. The zero-order valence-corrected chi connectivity index (χ0v) is 23.0. The van der Waals surface area contributed by atoms with Crippen LogP contribution in [0, 0.1) is 17.4 Å². The highest BCUT2D eigenvalue weighted by Gasteiger charge is 2.80. The summed E-state index contributed by atoms with van der Waals surface area (Å²) in [4.78, 5) is 0.514. The lowest BCUT2D eigenvalue weighted by Gasteiger charge is -2.26. The van der Waals surface area contributed by atoms with E-state index in [-0.39, 0.29) is 31.7 Å². The van der Waals surface area contributed by atoms with Crippen LogP contribution < -0.4 is 0 Å². The molecule has 0 bridgehead atoms. The Hall–Kier alpha value is -1.67. The second kappa shape index (κ2) is 8.41. The van der Waals surface area contributed by atoms with Gasteiger partial charge in [0.05, 0.1) is 13.2 Å². The van der Waals surface area contributed by atoms with Crippen LogP contribution in [-0.4, -0.2) is 31.0 Å². The number of hydrogen-bond donors (Lipinski definition) is 0. The molecule has 37 heavy (non-hydrogen) atoms. The van der Waals surface area contributed by atoms with Crippen LogP contribution in [0.4, 0.5) is 26.3 Å². The molecule has 0 atom stereocenters. The average molecular weight is 666 g/mol. The monoisotopic (exact) mass is 666 g/mol. The smallest absolute Gasteiger partial charge is 0.346 e. The molecule has 0 amide bonds. The first-order valence-corrected chi connectivity index (χ1v) is 13.9. The standard InChI is InChI=1S/C26H17F6IO2S2/c1-11-19(15-5-3-13(9-17(15)36-11)23-34-7-8-35-23)21-22(25(29,30)26(31,32)24(21,27)28)20-12(2)37-18-10-14(33)4-6-16(18)20/h3-6,9-10,23H,7-8H2,1-2H3. The first-order chi connectivity index (χ1) is 17.4. The van der Waals surface area contributed by atoms with Gasteiger partial charge in [-0.25, -0.2) is 0 Å². The molecule has 0 N–H and O–H groups in total. The minimum absolute atomic E-state index is 0.205. The first kappa shape index (κ1) is 25.6. The molecule has 1 aliphatic carbocycles. The normalized spacial score (nSPS) is 21.1. The third-order valence-corrected chi connectivity index (χ3v) is 9.59. The van der Waals surface area contributed by atoms with Crippen molar-refractivity contribution in [1.29, 1.82) is 0 Å². The summed E-state index contributed by atoms with van der Waals surface area (Å²) in [5, 5.41) is 0.454. The van der Waals surface area contributed by atoms with Gasteiger partial charge < -0.3 is 9.47 Å². The maximum absolute atomic E-state index is 15.6. The van der Waals surface area contributed by atoms with Crippen LogP contribution in [0.3, 0.4) is 0 Å². The molecule has 2 aliphatic rings. The molecule has 0 unspecified atom stereocenters. The number of halogens is 7. The number of hydrogen-bond acceptors (Lipinski definition) is 4. The average Bonchev–Trinajstić information content (AvgIpc) is 3.55. The summed E-state index contributed by atoms with van der Waals surface area (Å²) >= 11 is 4.25. The lowest BCUT2D eigenvalue weighted by Crippen LogP contribution is -2.48. The van der Waals surface area contributed by atoms with E-state index < -0.39 is 35.2 Å². The van der Waals surface area contributed by atoms with E-state index >= 15 is 26.3 Å². The Morgan fingerprint density at radius 3 is 1.78 bits per heavy atom. The van der Waals surface area contributed by atoms with E-state index in [1.54, 1.807) is 24.3 Å². The largest absolute Gasteiger partial charge is 0.380 e. The summed E-state index contributed by atoms with van der Waals surface area (Å²) in [5.41, 5.74) is -2.51. The van der Waals surface area contributed by atoms with Gasteiger partial charge in [0.15, 0.2) is 6.29 Å². The molecule has 1 aliphatic heterocycles. The Morgan fingerprint density at radius 2 is 1.24 bits per heavy atom.